The zero-order chi connectivity index (χ0) is 11.6. The van der Waals surface area contributed by atoms with Crippen LogP contribution in [-0.2, 0) is 9.53 Å². The third-order valence-electron chi connectivity index (χ3n) is 2.32. The van der Waals surface area contributed by atoms with Crippen LogP contribution >= 0.6 is 0 Å². The fourth-order valence-electron chi connectivity index (χ4n) is 1.41. The monoisotopic (exact) mass is 223 g/mol. The van der Waals surface area contributed by atoms with E-state index in [1.54, 1.807) is 0 Å². The number of nitrogens with one attached hydrogen (secondary N) is 1. The van der Waals surface area contributed by atoms with Gasteiger partial charge in [0.25, 0.3) is 0 Å². The van der Waals surface area contributed by atoms with E-state index in [-0.39, 0.29) is 6.41 Å². The van der Waals surface area contributed by atoms with E-state index in [0.29, 0.717) is 0 Å². The van der Waals surface area contributed by atoms with Gasteiger partial charge in [-0.05, 0) is 0 Å². The van der Waals surface area contributed by atoms with Crippen LogP contribution in [-0.4, -0.2) is 68.9 Å². The molecule has 1 saturated heterocycles. The van der Waals surface area contributed by atoms with E-state index in [1.807, 2.05) is 5.32 Å². The lowest BCUT2D eigenvalue weighted by atomic mass is 9.92. The van der Waals surface area contributed by atoms with Crippen LogP contribution in [0.5, 0.6) is 0 Å². The molecule has 1 heterocycles. The van der Waals surface area contributed by atoms with Crippen molar-refractivity contribution in [3.8, 4) is 0 Å². The lowest BCUT2D eigenvalue weighted by Crippen LogP contribution is -2.72. The first-order chi connectivity index (χ1) is 6.97. The minimum absolute atomic E-state index is 0.0830. The fourth-order valence-corrected chi connectivity index (χ4v) is 1.41. The van der Waals surface area contributed by atoms with E-state index in [1.165, 1.54) is 0 Å². The number of aliphatic hydroxyl groups is 5. The van der Waals surface area contributed by atoms with E-state index in [4.69, 9.17) is 10.2 Å². The summed E-state index contributed by atoms with van der Waals surface area (Å²) in [6.45, 7) is -0.752. The maximum Gasteiger partial charge on any atom is 0.209 e. The zero-order valence-corrected chi connectivity index (χ0v) is 7.65. The van der Waals surface area contributed by atoms with Crippen molar-refractivity contribution in [2.75, 3.05) is 6.61 Å². The summed E-state index contributed by atoms with van der Waals surface area (Å²) in [5.74, 6) is 0. The molecule has 0 radical (unpaired) electrons. The van der Waals surface area contributed by atoms with Crippen LogP contribution in [0.25, 0.3) is 0 Å². The van der Waals surface area contributed by atoms with Crippen molar-refractivity contribution in [3.63, 3.8) is 0 Å². The quantitative estimate of drug-likeness (QED) is 0.211. The van der Waals surface area contributed by atoms with Crippen molar-refractivity contribution in [3.05, 3.63) is 0 Å². The standard InChI is InChI=1S/C7H13NO7/c9-1-3-7(14,8-2-10)5(12)4(11)6(13)15-3/h2-6,9,11-14H,1H2,(H,8,10)/t3-,4-,5-,6+,7-/m1/s1. The first-order valence-electron chi connectivity index (χ1n) is 4.21. The van der Waals surface area contributed by atoms with Gasteiger partial charge in [0.2, 0.25) is 6.41 Å². The summed E-state index contributed by atoms with van der Waals surface area (Å²) in [7, 11) is 0. The molecule has 1 rings (SSSR count). The molecule has 0 aromatic carbocycles. The Hall–Kier alpha value is -0.770. The molecule has 0 bridgehead atoms. The lowest BCUT2D eigenvalue weighted by molar-refractivity contribution is -0.326. The third-order valence-corrected chi connectivity index (χ3v) is 2.32. The third kappa shape index (κ3) is 1.95. The average molecular weight is 223 g/mol. The number of carbonyl (C=O) groups excluding carboxylic acids is 1. The van der Waals surface area contributed by atoms with E-state index in [0.717, 1.165) is 0 Å². The van der Waals surface area contributed by atoms with Crippen LogP contribution in [0.15, 0.2) is 0 Å². The number of hydrogen-bond acceptors (Lipinski definition) is 7. The Morgan fingerprint density at radius 1 is 1.40 bits per heavy atom. The second-order valence-electron chi connectivity index (χ2n) is 3.22. The smallest absolute Gasteiger partial charge is 0.209 e. The summed E-state index contributed by atoms with van der Waals surface area (Å²) >= 11 is 0. The van der Waals surface area contributed by atoms with Crippen molar-refractivity contribution < 1.29 is 35.1 Å². The molecule has 88 valence electrons. The van der Waals surface area contributed by atoms with Gasteiger partial charge in [0, 0.05) is 0 Å². The highest BCUT2D eigenvalue weighted by Gasteiger charge is 2.54. The van der Waals surface area contributed by atoms with Gasteiger partial charge >= 0.3 is 0 Å². The predicted molar refractivity (Wildman–Crippen MR) is 44.1 cm³/mol. The first-order valence-corrected chi connectivity index (χ1v) is 4.21. The normalized spacial score (nSPS) is 46.2. The molecule has 1 amide bonds. The second-order valence-corrected chi connectivity index (χ2v) is 3.22. The molecule has 0 unspecified atom stereocenters. The van der Waals surface area contributed by atoms with E-state index in [9.17, 15) is 20.1 Å². The molecule has 8 heteroatoms. The number of carbonyl (C=O) groups is 1. The molecule has 15 heavy (non-hydrogen) atoms. The Bertz CT molecular complexity index is 233. The molecule has 1 fully saturated rings. The highest BCUT2D eigenvalue weighted by atomic mass is 16.6. The van der Waals surface area contributed by atoms with E-state index in [2.05, 4.69) is 4.74 Å². The molecule has 5 atom stereocenters. The molecule has 0 aromatic rings. The van der Waals surface area contributed by atoms with Gasteiger partial charge in [0.1, 0.15) is 18.3 Å². The molecular weight excluding hydrogens is 210 g/mol. The Morgan fingerprint density at radius 3 is 2.47 bits per heavy atom. The molecule has 1 aliphatic heterocycles. The van der Waals surface area contributed by atoms with Crippen LogP contribution in [0.1, 0.15) is 0 Å². The van der Waals surface area contributed by atoms with Crippen LogP contribution in [0.4, 0.5) is 0 Å². The molecule has 8 nitrogen and oxygen atoms in total. The van der Waals surface area contributed by atoms with E-state index < -0.39 is 36.9 Å². The minimum Gasteiger partial charge on any atom is -0.393 e. The molecule has 0 aliphatic carbocycles. The van der Waals surface area contributed by atoms with E-state index >= 15 is 0 Å². The van der Waals surface area contributed by atoms with Crippen molar-refractivity contribution in [2.24, 2.45) is 0 Å². The Balaban J connectivity index is 2.93. The summed E-state index contributed by atoms with van der Waals surface area (Å²) in [4.78, 5) is 10.2. The highest BCUT2D eigenvalue weighted by molar-refractivity contribution is 5.48. The average Bonchev–Trinajstić information content (AvgIpc) is 2.21. The topological polar surface area (TPSA) is 139 Å². The van der Waals surface area contributed by atoms with Gasteiger partial charge < -0.3 is 35.6 Å². The van der Waals surface area contributed by atoms with Crippen LogP contribution < -0.4 is 5.32 Å². The molecule has 0 saturated carbocycles. The lowest BCUT2D eigenvalue weighted by Gasteiger charge is -2.45. The van der Waals surface area contributed by atoms with Gasteiger partial charge in [-0.25, -0.2) is 0 Å². The van der Waals surface area contributed by atoms with Gasteiger partial charge in [-0.3, -0.25) is 4.79 Å². The maximum absolute atomic E-state index is 10.2. The molecule has 0 aromatic heterocycles. The Morgan fingerprint density at radius 2 is 2.00 bits per heavy atom. The number of aliphatic hydroxyl groups excluding tert-OH is 4. The number of ether oxygens (including phenoxy) is 1. The van der Waals surface area contributed by atoms with Gasteiger partial charge in [-0.15, -0.1) is 0 Å². The summed E-state index contributed by atoms with van der Waals surface area (Å²) in [5.41, 5.74) is -2.34. The Labute approximate surface area is 84.7 Å². The van der Waals surface area contributed by atoms with Gasteiger partial charge in [-0.2, -0.15) is 0 Å². The number of amides is 1. The second kappa shape index (κ2) is 4.39. The van der Waals surface area contributed by atoms with Crippen LogP contribution in [0, 0.1) is 0 Å². The van der Waals surface area contributed by atoms with Crippen LogP contribution in [0.2, 0.25) is 0 Å². The van der Waals surface area contributed by atoms with Crippen molar-refractivity contribution in [1.82, 2.24) is 5.32 Å². The van der Waals surface area contributed by atoms with Gasteiger partial charge in [0.15, 0.2) is 12.0 Å². The predicted octanol–water partition coefficient (Wildman–Crippen LogP) is -4.15. The largest absolute Gasteiger partial charge is 0.393 e. The molecule has 0 spiro atoms. The molecule has 1 aliphatic rings. The summed E-state index contributed by atoms with van der Waals surface area (Å²) in [5, 5.41) is 48.1. The highest BCUT2D eigenvalue weighted by Crippen LogP contribution is 2.26. The van der Waals surface area contributed by atoms with Crippen molar-refractivity contribution >= 4 is 6.41 Å². The van der Waals surface area contributed by atoms with Gasteiger partial charge in [0.05, 0.1) is 6.61 Å². The zero-order valence-electron chi connectivity index (χ0n) is 7.65. The first kappa shape index (κ1) is 12.3. The Kier molecular flexibility index (Phi) is 3.60. The molecular formula is C7H13NO7. The summed E-state index contributed by atoms with van der Waals surface area (Å²) in [6.07, 6.45) is -6.75. The van der Waals surface area contributed by atoms with Gasteiger partial charge in [-0.1, -0.05) is 0 Å². The fraction of sp³-hybridized carbons (Fsp3) is 0.857. The van der Waals surface area contributed by atoms with Crippen LogP contribution in [0.3, 0.4) is 0 Å². The number of hydrogen-bond donors (Lipinski definition) is 6. The van der Waals surface area contributed by atoms with Crippen molar-refractivity contribution in [2.45, 2.75) is 30.3 Å². The summed E-state index contributed by atoms with van der Waals surface area (Å²) < 4.78 is 4.61. The SMILES string of the molecule is O=CN[C@]1(O)[C@H](O)[C@@H](O)[C@@H](O)O[C@@H]1CO. The summed E-state index contributed by atoms with van der Waals surface area (Å²) in [6, 6.07) is 0. The maximum atomic E-state index is 10.2. The minimum atomic E-state index is -2.34. The molecule has 6 N–H and O–H groups in total. The number of rotatable bonds is 3. The van der Waals surface area contributed by atoms with Crippen molar-refractivity contribution in [1.29, 1.82) is 0 Å².